The molecule has 0 unspecified atom stereocenters. The van der Waals surface area contributed by atoms with Gasteiger partial charge in [0, 0.05) is 44.2 Å². The maximum absolute atomic E-state index is 12.8. The first kappa shape index (κ1) is 20.9. The first-order chi connectivity index (χ1) is 15.0. The summed E-state index contributed by atoms with van der Waals surface area (Å²) in [7, 11) is 0. The average molecular weight is 426 g/mol. The molecule has 31 heavy (non-hydrogen) atoms. The molecule has 0 radical (unpaired) electrons. The molecule has 1 aromatic heterocycles. The van der Waals surface area contributed by atoms with Crippen molar-refractivity contribution in [3.05, 3.63) is 58.5 Å². The Balaban J connectivity index is 1.25. The number of hydrogen-bond acceptors (Lipinski definition) is 6. The zero-order valence-corrected chi connectivity index (χ0v) is 17.2. The van der Waals surface area contributed by atoms with E-state index in [1.807, 2.05) is 4.90 Å². The Kier molecular flexibility index (Phi) is 6.20. The van der Waals surface area contributed by atoms with Gasteiger partial charge in [0.2, 0.25) is 5.91 Å². The molecule has 2 aliphatic heterocycles. The molecule has 0 aliphatic carbocycles. The van der Waals surface area contributed by atoms with Gasteiger partial charge in [0.15, 0.2) is 5.76 Å². The van der Waals surface area contributed by atoms with Crippen LogP contribution >= 0.6 is 0 Å². The van der Waals surface area contributed by atoms with Crippen LogP contribution in [0.5, 0.6) is 0 Å². The van der Waals surface area contributed by atoms with Crippen LogP contribution in [-0.2, 0) is 4.79 Å². The molecule has 0 bridgehead atoms. The minimum absolute atomic E-state index is 0.0398. The lowest BCUT2D eigenvalue weighted by molar-refractivity contribution is -0.384. The predicted octanol–water partition coefficient (Wildman–Crippen LogP) is 2.83. The van der Waals surface area contributed by atoms with E-state index in [4.69, 9.17) is 4.42 Å². The van der Waals surface area contributed by atoms with Crippen molar-refractivity contribution >= 4 is 23.2 Å². The molecule has 9 nitrogen and oxygen atoms in total. The molecule has 2 aromatic rings. The molecule has 9 heteroatoms. The smallest absolute Gasteiger partial charge is 0.292 e. The normalized spacial score (nSPS) is 18.1. The fourth-order valence-corrected chi connectivity index (χ4v) is 4.37. The van der Waals surface area contributed by atoms with Crippen molar-refractivity contribution in [2.24, 2.45) is 5.92 Å². The molecule has 2 aliphatic rings. The maximum Gasteiger partial charge on any atom is 0.292 e. The molecule has 164 valence electrons. The number of nitrogens with one attached hydrogen (secondary N) is 1. The van der Waals surface area contributed by atoms with E-state index in [1.165, 1.54) is 12.3 Å². The van der Waals surface area contributed by atoms with E-state index in [-0.39, 0.29) is 34.4 Å². The fourth-order valence-electron chi connectivity index (χ4n) is 4.37. The number of amides is 2. The van der Waals surface area contributed by atoms with Crippen molar-refractivity contribution in [2.75, 3.05) is 31.1 Å². The quantitative estimate of drug-likeness (QED) is 0.582. The number of piperidine rings is 2. The molecule has 2 amide bonds. The molecule has 2 fully saturated rings. The lowest BCUT2D eigenvalue weighted by Gasteiger charge is -2.35. The third kappa shape index (κ3) is 4.70. The number of para-hydroxylation sites is 2. The Bertz CT molecular complexity index is 929. The number of rotatable bonds is 5. The third-order valence-corrected chi connectivity index (χ3v) is 6.15. The number of hydrogen-bond donors (Lipinski definition) is 1. The number of likely N-dealkylation sites (tertiary alicyclic amines) is 1. The van der Waals surface area contributed by atoms with E-state index in [2.05, 4.69) is 5.32 Å². The highest BCUT2D eigenvalue weighted by atomic mass is 16.6. The van der Waals surface area contributed by atoms with Crippen LogP contribution in [-0.4, -0.2) is 53.9 Å². The molecule has 1 N–H and O–H groups in total. The number of nitro groups is 1. The summed E-state index contributed by atoms with van der Waals surface area (Å²) >= 11 is 0. The Morgan fingerprint density at radius 3 is 2.35 bits per heavy atom. The number of anilines is 1. The third-order valence-electron chi connectivity index (χ3n) is 6.15. The number of carbonyl (C=O) groups excluding carboxylic acids is 2. The van der Waals surface area contributed by atoms with Crippen molar-refractivity contribution in [3.8, 4) is 0 Å². The minimum Gasteiger partial charge on any atom is -0.459 e. The number of nitrogens with zero attached hydrogens (tertiary/aromatic N) is 3. The van der Waals surface area contributed by atoms with Crippen molar-refractivity contribution in [3.63, 3.8) is 0 Å². The monoisotopic (exact) mass is 426 g/mol. The number of nitro benzene ring substituents is 1. The number of benzene rings is 1. The molecule has 0 atom stereocenters. The average Bonchev–Trinajstić information content (AvgIpc) is 3.34. The second kappa shape index (κ2) is 9.20. The number of carbonyl (C=O) groups is 2. The summed E-state index contributed by atoms with van der Waals surface area (Å²) in [5, 5.41) is 14.4. The second-order valence-corrected chi connectivity index (χ2v) is 8.06. The first-order valence-electron chi connectivity index (χ1n) is 10.6. The van der Waals surface area contributed by atoms with Crippen LogP contribution < -0.4 is 10.2 Å². The van der Waals surface area contributed by atoms with Crippen LogP contribution in [0.4, 0.5) is 11.4 Å². The van der Waals surface area contributed by atoms with Gasteiger partial charge in [-0.1, -0.05) is 12.1 Å². The topological polar surface area (TPSA) is 109 Å². The summed E-state index contributed by atoms with van der Waals surface area (Å²) in [5.74, 6) is 0.171. The maximum atomic E-state index is 12.8. The highest BCUT2D eigenvalue weighted by Crippen LogP contribution is 2.31. The van der Waals surface area contributed by atoms with Crippen LogP contribution in [0, 0.1) is 16.0 Å². The van der Waals surface area contributed by atoms with E-state index >= 15 is 0 Å². The van der Waals surface area contributed by atoms with Gasteiger partial charge >= 0.3 is 0 Å². The Morgan fingerprint density at radius 2 is 1.71 bits per heavy atom. The number of furan rings is 1. The van der Waals surface area contributed by atoms with Gasteiger partial charge in [0.1, 0.15) is 5.69 Å². The summed E-state index contributed by atoms with van der Waals surface area (Å²) in [6.07, 6.45) is 4.24. The van der Waals surface area contributed by atoms with E-state index in [9.17, 15) is 19.7 Å². The van der Waals surface area contributed by atoms with Gasteiger partial charge in [-0.05, 0) is 43.9 Å². The largest absolute Gasteiger partial charge is 0.459 e. The molecule has 3 heterocycles. The minimum atomic E-state index is -0.364. The van der Waals surface area contributed by atoms with Crippen LogP contribution in [0.1, 0.15) is 36.2 Å². The molecule has 1 aromatic carbocycles. The lowest BCUT2D eigenvalue weighted by atomic mass is 9.94. The van der Waals surface area contributed by atoms with Crippen molar-refractivity contribution in [1.29, 1.82) is 0 Å². The van der Waals surface area contributed by atoms with E-state index in [0.717, 1.165) is 0 Å². The lowest BCUT2D eigenvalue weighted by Crippen LogP contribution is -2.49. The zero-order chi connectivity index (χ0) is 21.8. The zero-order valence-electron chi connectivity index (χ0n) is 17.2. The molecule has 0 spiro atoms. The molecule has 2 saturated heterocycles. The predicted molar refractivity (Wildman–Crippen MR) is 114 cm³/mol. The van der Waals surface area contributed by atoms with E-state index in [1.54, 1.807) is 35.2 Å². The first-order valence-corrected chi connectivity index (χ1v) is 10.6. The van der Waals surface area contributed by atoms with Crippen LogP contribution in [0.25, 0.3) is 0 Å². The van der Waals surface area contributed by atoms with Crippen molar-refractivity contribution in [2.45, 2.75) is 31.7 Å². The summed E-state index contributed by atoms with van der Waals surface area (Å²) in [6.45, 7) is 2.39. The SMILES string of the molecule is O=C(NC1CCN(C(=O)c2ccco2)CC1)C1CCN(c2ccccc2[N+](=O)[O-])CC1. The van der Waals surface area contributed by atoms with Crippen LogP contribution in [0.15, 0.2) is 47.1 Å². The highest BCUT2D eigenvalue weighted by Gasteiger charge is 2.31. The van der Waals surface area contributed by atoms with Crippen LogP contribution in [0.3, 0.4) is 0 Å². The Morgan fingerprint density at radius 1 is 1.00 bits per heavy atom. The Hall–Kier alpha value is -3.36. The van der Waals surface area contributed by atoms with Gasteiger partial charge in [0.05, 0.1) is 11.2 Å². The molecule has 0 saturated carbocycles. The summed E-state index contributed by atoms with van der Waals surface area (Å²) in [5.41, 5.74) is 0.709. The van der Waals surface area contributed by atoms with Gasteiger partial charge in [-0.15, -0.1) is 0 Å². The van der Waals surface area contributed by atoms with Crippen molar-refractivity contribution < 1.29 is 18.9 Å². The fraction of sp³-hybridized carbons (Fsp3) is 0.455. The summed E-state index contributed by atoms with van der Waals surface area (Å²) in [4.78, 5) is 39.8. The van der Waals surface area contributed by atoms with Gasteiger partial charge in [-0.25, -0.2) is 0 Å². The van der Waals surface area contributed by atoms with Gasteiger partial charge in [-0.2, -0.15) is 0 Å². The van der Waals surface area contributed by atoms with Gasteiger partial charge in [0.25, 0.3) is 11.6 Å². The highest BCUT2D eigenvalue weighted by molar-refractivity contribution is 5.91. The second-order valence-electron chi connectivity index (χ2n) is 8.06. The summed E-state index contributed by atoms with van der Waals surface area (Å²) < 4.78 is 5.18. The Labute approximate surface area is 180 Å². The van der Waals surface area contributed by atoms with Crippen LogP contribution in [0.2, 0.25) is 0 Å². The standard InChI is InChI=1S/C22H26N4O5/c27-21(23-17-9-13-25(14-10-17)22(28)20-6-3-15-31-20)16-7-11-24(12-8-16)18-4-1-2-5-19(18)26(29)30/h1-6,15-17H,7-14H2,(H,23,27). The molecule has 4 rings (SSSR count). The van der Waals surface area contributed by atoms with E-state index < -0.39 is 0 Å². The van der Waals surface area contributed by atoms with Gasteiger partial charge < -0.3 is 19.5 Å². The summed E-state index contributed by atoms with van der Waals surface area (Å²) in [6, 6.07) is 10.1. The molecular weight excluding hydrogens is 400 g/mol. The van der Waals surface area contributed by atoms with Gasteiger partial charge in [-0.3, -0.25) is 19.7 Å². The van der Waals surface area contributed by atoms with Crippen molar-refractivity contribution in [1.82, 2.24) is 10.2 Å². The van der Waals surface area contributed by atoms with E-state index in [0.29, 0.717) is 63.3 Å². The molecular formula is C22H26N4O5.